The quantitative estimate of drug-likeness (QED) is 0.519. The molecule has 0 aliphatic carbocycles. The topological polar surface area (TPSA) is 58.1 Å². The molecule has 8 heteroatoms. The van der Waals surface area contributed by atoms with Gasteiger partial charge >= 0.3 is 6.18 Å². The van der Waals surface area contributed by atoms with Crippen LogP contribution in [0.5, 0.6) is 0 Å². The molecule has 1 atom stereocenters. The maximum atomic E-state index is 12.9. The van der Waals surface area contributed by atoms with Crippen molar-refractivity contribution >= 4 is 5.91 Å². The summed E-state index contributed by atoms with van der Waals surface area (Å²) in [7, 11) is 0. The Hall–Kier alpha value is -3.26. The van der Waals surface area contributed by atoms with Crippen molar-refractivity contribution in [1.82, 2.24) is 20.2 Å². The predicted molar refractivity (Wildman–Crippen MR) is 123 cm³/mol. The van der Waals surface area contributed by atoms with Crippen LogP contribution in [0.4, 0.5) is 13.2 Å². The monoisotopic (exact) mass is 468 g/mol. The molecule has 0 saturated heterocycles. The molecule has 178 valence electrons. The number of rotatable bonds is 7. The molecule has 5 nitrogen and oxygen atoms in total. The Kier molecular flexibility index (Phi) is 6.97. The fourth-order valence-electron chi connectivity index (χ4n) is 4.41. The highest BCUT2D eigenvalue weighted by Gasteiger charge is 2.35. The number of halogens is 3. The summed E-state index contributed by atoms with van der Waals surface area (Å²) in [5, 5.41) is 2.92. The van der Waals surface area contributed by atoms with Crippen molar-refractivity contribution in [2.24, 2.45) is 5.92 Å². The van der Waals surface area contributed by atoms with Gasteiger partial charge in [-0.05, 0) is 47.4 Å². The number of carbonyl (C=O) groups excluding carboxylic acids is 1. The fraction of sp³-hybridized carbons (Fsp3) is 0.346. The van der Waals surface area contributed by atoms with Gasteiger partial charge in [0.15, 0.2) is 0 Å². The van der Waals surface area contributed by atoms with Crippen LogP contribution in [-0.4, -0.2) is 27.3 Å². The van der Waals surface area contributed by atoms with Gasteiger partial charge in [0.25, 0.3) is 5.91 Å². The van der Waals surface area contributed by atoms with Crippen molar-refractivity contribution in [1.29, 1.82) is 0 Å². The Morgan fingerprint density at radius 2 is 1.91 bits per heavy atom. The first-order valence-electron chi connectivity index (χ1n) is 11.3. The first-order valence-corrected chi connectivity index (χ1v) is 11.3. The van der Waals surface area contributed by atoms with Gasteiger partial charge in [0.2, 0.25) is 0 Å². The molecule has 1 aromatic carbocycles. The van der Waals surface area contributed by atoms with Crippen LogP contribution in [-0.2, 0) is 25.7 Å². The largest absolute Gasteiger partial charge is 0.416 e. The maximum Gasteiger partial charge on any atom is 0.416 e. The van der Waals surface area contributed by atoms with E-state index in [4.69, 9.17) is 0 Å². The lowest BCUT2D eigenvalue weighted by Gasteiger charge is -2.27. The highest BCUT2D eigenvalue weighted by atomic mass is 19.4. The second kappa shape index (κ2) is 9.93. The van der Waals surface area contributed by atoms with Crippen LogP contribution in [0.15, 0.2) is 60.9 Å². The minimum Gasteiger partial charge on any atom is -0.352 e. The Labute approximate surface area is 197 Å². The van der Waals surface area contributed by atoms with Crippen LogP contribution >= 0.6 is 0 Å². The number of benzene rings is 1. The molecule has 4 rings (SSSR count). The average molecular weight is 469 g/mol. The summed E-state index contributed by atoms with van der Waals surface area (Å²) in [6, 6.07) is 12.9. The van der Waals surface area contributed by atoms with Crippen molar-refractivity contribution in [3.05, 3.63) is 94.6 Å². The van der Waals surface area contributed by atoms with E-state index in [9.17, 15) is 18.0 Å². The zero-order chi connectivity index (χ0) is 24.3. The number of hydrogen-bond donors (Lipinski definition) is 1. The number of fused-ring (bicyclic) bond motifs is 1. The van der Waals surface area contributed by atoms with Gasteiger partial charge in [-0.3, -0.25) is 19.7 Å². The molecular formula is C26H27F3N4O. The van der Waals surface area contributed by atoms with Gasteiger partial charge in [-0.15, -0.1) is 0 Å². The van der Waals surface area contributed by atoms with Crippen LogP contribution in [0, 0.1) is 5.92 Å². The number of alkyl halides is 3. The summed E-state index contributed by atoms with van der Waals surface area (Å²) < 4.78 is 38.7. The first kappa shape index (κ1) is 23.9. The number of nitrogens with one attached hydrogen (secondary N) is 1. The summed E-state index contributed by atoms with van der Waals surface area (Å²) >= 11 is 0. The number of aromatic nitrogens is 2. The molecule has 2 aromatic heterocycles. The zero-order valence-electron chi connectivity index (χ0n) is 19.1. The van der Waals surface area contributed by atoms with Crippen LogP contribution in [0.3, 0.4) is 0 Å². The summed E-state index contributed by atoms with van der Waals surface area (Å²) in [4.78, 5) is 23.7. The van der Waals surface area contributed by atoms with Gasteiger partial charge in [-0.1, -0.05) is 32.0 Å². The van der Waals surface area contributed by atoms with Gasteiger partial charge in [-0.25, -0.2) is 0 Å². The Morgan fingerprint density at radius 3 is 2.56 bits per heavy atom. The maximum absolute atomic E-state index is 12.9. The molecule has 1 unspecified atom stereocenters. The van der Waals surface area contributed by atoms with Gasteiger partial charge in [0, 0.05) is 44.1 Å². The van der Waals surface area contributed by atoms with Crippen molar-refractivity contribution in [2.45, 2.75) is 45.6 Å². The second-order valence-corrected chi connectivity index (χ2v) is 8.88. The van der Waals surface area contributed by atoms with Gasteiger partial charge in [-0.2, -0.15) is 13.2 Å². The molecule has 0 spiro atoms. The smallest absolute Gasteiger partial charge is 0.352 e. The molecule has 1 aliphatic rings. The minimum absolute atomic E-state index is 0.0264. The number of amides is 1. The third-order valence-electron chi connectivity index (χ3n) is 6.00. The second-order valence-electron chi connectivity index (χ2n) is 8.88. The van der Waals surface area contributed by atoms with E-state index in [0.717, 1.165) is 34.6 Å². The van der Waals surface area contributed by atoms with Crippen molar-refractivity contribution in [2.75, 3.05) is 6.54 Å². The highest BCUT2D eigenvalue weighted by molar-refractivity contribution is 5.94. The van der Waals surface area contributed by atoms with Gasteiger partial charge < -0.3 is 5.32 Å². The molecular weight excluding hydrogens is 441 g/mol. The van der Waals surface area contributed by atoms with Gasteiger partial charge in [0.05, 0.1) is 22.9 Å². The Bertz CT molecular complexity index is 1130. The molecule has 1 amide bonds. The fourth-order valence-corrected chi connectivity index (χ4v) is 4.41. The zero-order valence-corrected chi connectivity index (χ0v) is 19.1. The van der Waals surface area contributed by atoms with E-state index >= 15 is 0 Å². The van der Waals surface area contributed by atoms with Gasteiger partial charge in [0.1, 0.15) is 0 Å². The number of carbonyl (C=O) groups is 1. The number of hydrogen-bond acceptors (Lipinski definition) is 4. The lowest BCUT2D eigenvalue weighted by molar-refractivity contribution is -0.137. The molecule has 0 saturated carbocycles. The first-order chi connectivity index (χ1) is 16.2. The predicted octanol–water partition coefficient (Wildman–Crippen LogP) is 5.18. The van der Waals surface area contributed by atoms with E-state index in [1.54, 1.807) is 12.4 Å². The van der Waals surface area contributed by atoms with E-state index in [0.29, 0.717) is 31.6 Å². The minimum atomic E-state index is -4.35. The molecule has 0 radical (unpaired) electrons. The number of nitrogens with zero attached hydrogens (tertiary/aromatic N) is 3. The summed E-state index contributed by atoms with van der Waals surface area (Å²) in [6.07, 6.45) is -0.377. The van der Waals surface area contributed by atoms with Crippen molar-refractivity contribution in [3.8, 4) is 0 Å². The lowest BCUT2D eigenvalue weighted by Crippen LogP contribution is -2.26. The molecule has 3 heterocycles. The molecule has 1 N–H and O–H groups in total. The molecule has 0 fully saturated rings. The summed E-state index contributed by atoms with van der Waals surface area (Å²) in [5.74, 6) is 0.0646. The van der Waals surface area contributed by atoms with E-state index in [1.807, 2.05) is 24.3 Å². The average Bonchev–Trinajstić information content (AvgIpc) is 3.16. The lowest BCUT2D eigenvalue weighted by atomic mass is 9.99. The summed E-state index contributed by atoms with van der Waals surface area (Å²) in [5.41, 5.74) is 3.46. The highest BCUT2D eigenvalue weighted by Crippen LogP contribution is 2.39. The van der Waals surface area contributed by atoms with Crippen LogP contribution in [0.1, 0.15) is 58.3 Å². The van der Waals surface area contributed by atoms with Crippen molar-refractivity contribution < 1.29 is 18.0 Å². The molecule has 34 heavy (non-hydrogen) atoms. The van der Waals surface area contributed by atoms with E-state index < -0.39 is 11.7 Å². The van der Waals surface area contributed by atoms with Crippen LogP contribution < -0.4 is 5.32 Å². The molecule has 0 bridgehead atoms. The van der Waals surface area contributed by atoms with E-state index in [1.165, 1.54) is 12.1 Å². The Morgan fingerprint density at radius 1 is 1.15 bits per heavy atom. The Balaban J connectivity index is 1.44. The normalized spacial score (nSPS) is 16.0. The van der Waals surface area contributed by atoms with Crippen LogP contribution in [0.2, 0.25) is 0 Å². The number of pyridine rings is 2. The van der Waals surface area contributed by atoms with E-state index in [-0.39, 0.29) is 17.9 Å². The third kappa shape index (κ3) is 5.44. The molecule has 3 aromatic rings. The molecule has 1 aliphatic heterocycles. The van der Waals surface area contributed by atoms with E-state index in [2.05, 4.69) is 34.0 Å². The standard InChI is InChI=1S/C26H27F3N4O/c1-17(2)24-23-20(16-33(24)15-18-6-8-21(9-7-18)26(27,28)29)13-19(14-32-23)25(34)31-12-10-22-5-3-4-11-30-22/h3-9,11,13-14,17,24H,10,12,15-16H2,1-2H3,(H,31,34). The van der Waals surface area contributed by atoms with Crippen LogP contribution in [0.25, 0.3) is 0 Å². The third-order valence-corrected chi connectivity index (χ3v) is 6.00. The van der Waals surface area contributed by atoms with Crippen molar-refractivity contribution in [3.63, 3.8) is 0 Å². The summed E-state index contributed by atoms with van der Waals surface area (Å²) in [6.45, 7) is 5.75. The SMILES string of the molecule is CC(C)C1c2ncc(C(=O)NCCc3ccccn3)cc2CN1Cc1ccc(C(F)(F)F)cc1.